The van der Waals surface area contributed by atoms with E-state index in [1.54, 1.807) is 0 Å². The van der Waals surface area contributed by atoms with Crippen molar-refractivity contribution >= 4 is 0 Å². The summed E-state index contributed by atoms with van der Waals surface area (Å²) in [6.45, 7) is 3.71. The van der Waals surface area contributed by atoms with Crippen LogP contribution in [0.5, 0.6) is 0 Å². The molecule has 0 saturated carbocycles. The van der Waals surface area contributed by atoms with Gasteiger partial charge in [0.1, 0.15) is 0 Å². The molecule has 0 aliphatic carbocycles. The molecule has 0 bridgehead atoms. The number of hydrogen-bond acceptors (Lipinski definition) is 3. The monoisotopic (exact) mass is 311 g/mol. The van der Waals surface area contributed by atoms with Gasteiger partial charge in [-0.05, 0) is 17.5 Å². The van der Waals surface area contributed by atoms with E-state index in [-0.39, 0.29) is 12.3 Å². The van der Waals surface area contributed by atoms with Crippen molar-refractivity contribution in [1.29, 1.82) is 0 Å². The Hall–Kier alpha value is -1.68. The second-order valence-electron chi connectivity index (χ2n) is 5.98. The molecular weight excluding hydrogens is 286 g/mol. The highest BCUT2D eigenvalue weighted by Gasteiger charge is 2.35. The summed E-state index contributed by atoms with van der Waals surface area (Å²) >= 11 is 0. The van der Waals surface area contributed by atoms with Gasteiger partial charge in [-0.1, -0.05) is 74.0 Å². The minimum absolute atomic E-state index is 0.143. The topological polar surface area (TPSA) is 21.7 Å². The molecule has 0 aromatic heterocycles. The quantitative estimate of drug-likeness (QED) is 0.691. The lowest BCUT2D eigenvalue weighted by molar-refractivity contribution is -0.245. The maximum Gasteiger partial charge on any atom is 0.179 e. The van der Waals surface area contributed by atoms with Crippen LogP contribution in [0.2, 0.25) is 0 Å². The van der Waals surface area contributed by atoms with E-state index in [0.717, 1.165) is 32.4 Å². The number of unbranched alkanes of at least 4 members (excludes halogenated alkanes) is 1. The lowest BCUT2D eigenvalue weighted by Gasteiger charge is -2.22. The largest absolute Gasteiger partial charge is 0.351 e. The van der Waals surface area contributed by atoms with Gasteiger partial charge in [-0.3, -0.25) is 4.84 Å². The summed E-state index contributed by atoms with van der Waals surface area (Å²) in [6, 6.07) is 21.2. The first-order chi connectivity index (χ1) is 11.4. The van der Waals surface area contributed by atoms with E-state index in [4.69, 9.17) is 9.57 Å². The fourth-order valence-corrected chi connectivity index (χ4v) is 2.91. The molecule has 2 aromatic carbocycles. The lowest BCUT2D eigenvalue weighted by Crippen LogP contribution is -2.23. The fraction of sp³-hybridized carbons (Fsp3) is 0.400. The molecule has 3 rings (SSSR count). The highest BCUT2D eigenvalue weighted by atomic mass is 16.8. The Morgan fingerprint density at radius 1 is 1.04 bits per heavy atom. The van der Waals surface area contributed by atoms with Gasteiger partial charge in [0.15, 0.2) is 6.29 Å². The second kappa shape index (κ2) is 8.25. The number of hydrogen-bond donors (Lipinski definition) is 0. The van der Waals surface area contributed by atoms with Gasteiger partial charge in [0.05, 0.1) is 6.04 Å². The van der Waals surface area contributed by atoms with Crippen molar-refractivity contribution in [2.75, 3.05) is 6.61 Å². The van der Waals surface area contributed by atoms with E-state index in [1.165, 1.54) is 11.1 Å². The number of rotatable bonds is 7. The van der Waals surface area contributed by atoms with Crippen molar-refractivity contribution in [2.24, 2.45) is 0 Å². The van der Waals surface area contributed by atoms with E-state index in [2.05, 4.69) is 66.6 Å². The first-order valence-electron chi connectivity index (χ1n) is 8.50. The second-order valence-corrected chi connectivity index (χ2v) is 5.98. The number of hydroxylamine groups is 2. The first-order valence-corrected chi connectivity index (χ1v) is 8.50. The van der Waals surface area contributed by atoms with Crippen molar-refractivity contribution in [3.05, 3.63) is 71.8 Å². The molecule has 1 aliphatic rings. The number of ether oxygens (including phenoxy) is 1. The van der Waals surface area contributed by atoms with Crippen molar-refractivity contribution < 1.29 is 9.57 Å². The third kappa shape index (κ3) is 4.41. The predicted octanol–water partition coefficient (Wildman–Crippen LogP) is 4.71. The standard InChI is InChI=1S/C20H25NO2/c1-2-3-14-22-20-15-19(18-12-8-5-9-13-18)21(23-20)16-17-10-6-4-7-11-17/h4-13,19-20H,2-3,14-16H2,1H3. The molecule has 0 radical (unpaired) electrons. The number of benzene rings is 2. The van der Waals surface area contributed by atoms with Crippen LogP contribution in [0.15, 0.2) is 60.7 Å². The predicted molar refractivity (Wildman–Crippen MR) is 91.5 cm³/mol. The van der Waals surface area contributed by atoms with E-state index in [0.29, 0.717) is 0 Å². The summed E-state index contributed by atoms with van der Waals surface area (Å²) < 4.78 is 5.90. The summed E-state index contributed by atoms with van der Waals surface area (Å²) in [5.41, 5.74) is 2.53. The van der Waals surface area contributed by atoms with Gasteiger partial charge >= 0.3 is 0 Å². The minimum atomic E-state index is -0.143. The smallest absolute Gasteiger partial charge is 0.179 e. The van der Waals surface area contributed by atoms with Crippen LogP contribution in [-0.2, 0) is 16.1 Å². The van der Waals surface area contributed by atoms with Crippen molar-refractivity contribution in [1.82, 2.24) is 5.06 Å². The highest BCUT2D eigenvalue weighted by molar-refractivity contribution is 5.20. The molecule has 3 heteroatoms. The lowest BCUT2D eigenvalue weighted by atomic mass is 10.0. The van der Waals surface area contributed by atoms with Crippen LogP contribution in [0.3, 0.4) is 0 Å². The van der Waals surface area contributed by atoms with Crippen LogP contribution in [0.4, 0.5) is 0 Å². The Bertz CT molecular complexity index is 573. The van der Waals surface area contributed by atoms with E-state index in [9.17, 15) is 0 Å². The molecule has 2 aromatic rings. The Kier molecular flexibility index (Phi) is 5.81. The molecule has 3 nitrogen and oxygen atoms in total. The third-order valence-corrected chi connectivity index (χ3v) is 4.18. The highest BCUT2D eigenvalue weighted by Crippen LogP contribution is 2.35. The van der Waals surface area contributed by atoms with Gasteiger partial charge in [-0.25, -0.2) is 0 Å². The molecular formula is C20H25NO2. The molecule has 23 heavy (non-hydrogen) atoms. The number of nitrogens with zero attached hydrogens (tertiary/aromatic N) is 1. The van der Waals surface area contributed by atoms with Crippen molar-refractivity contribution in [2.45, 2.75) is 45.1 Å². The summed E-state index contributed by atoms with van der Waals surface area (Å²) in [6.07, 6.45) is 2.95. The van der Waals surface area contributed by atoms with Crippen LogP contribution >= 0.6 is 0 Å². The average molecular weight is 311 g/mol. The zero-order valence-corrected chi connectivity index (χ0v) is 13.7. The van der Waals surface area contributed by atoms with Crippen LogP contribution in [0, 0.1) is 0 Å². The maximum atomic E-state index is 6.09. The molecule has 0 N–H and O–H groups in total. The van der Waals surface area contributed by atoms with Crippen LogP contribution in [0.25, 0.3) is 0 Å². The van der Waals surface area contributed by atoms with Crippen molar-refractivity contribution in [3.63, 3.8) is 0 Å². The van der Waals surface area contributed by atoms with Gasteiger partial charge in [-0.15, -0.1) is 0 Å². The van der Waals surface area contributed by atoms with Gasteiger partial charge in [0, 0.05) is 19.6 Å². The maximum absolute atomic E-state index is 6.09. The fourth-order valence-electron chi connectivity index (χ4n) is 2.91. The summed E-state index contributed by atoms with van der Waals surface area (Å²) in [4.78, 5) is 6.09. The Labute approximate surface area is 138 Å². The van der Waals surface area contributed by atoms with Gasteiger partial charge in [0.25, 0.3) is 0 Å². The molecule has 122 valence electrons. The zero-order valence-electron chi connectivity index (χ0n) is 13.7. The SMILES string of the molecule is CCCCOC1CC(c2ccccc2)N(Cc2ccccc2)O1. The van der Waals surface area contributed by atoms with E-state index < -0.39 is 0 Å². The zero-order chi connectivity index (χ0) is 15.9. The van der Waals surface area contributed by atoms with Gasteiger partial charge < -0.3 is 4.74 Å². The first kappa shape index (κ1) is 16.2. The van der Waals surface area contributed by atoms with Crippen molar-refractivity contribution in [3.8, 4) is 0 Å². The molecule has 0 amide bonds. The van der Waals surface area contributed by atoms with Gasteiger partial charge in [-0.2, -0.15) is 5.06 Å². The molecule has 2 atom stereocenters. The summed E-state index contributed by atoms with van der Waals surface area (Å²) in [7, 11) is 0. The molecule has 2 unspecified atom stereocenters. The summed E-state index contributed by atoms with van der Waals surface area (Å²) in [5.74, 6) is 0. The third-order valence-electron chi connectivity index (χ3n) is 4.18. The Morgan fingerprint density at radius 2 is 1.74 bits per heavy atom. The van der Waals surface area contributed by atoms with E-state index >= 15 is 0 Å². The molecule has 1 saturated heterocycles. The molecule has 1 aliphatic heterocycles. The molecule has 0 spiro atoms. The normalized spacial score (nSPS) is 21.6. The van der Waals surface area contributed by atoms with Crippen LogP contribution < -0.4 is 0 Å². The Morgan fingerprint density at radius 3 is 2.43 bits per heavy atom. The Balaban J connectivity index is 1.70. The summed E-state index contributed by atoms with van der Waals surface area (Å²) in [5, 5.41) is 2.07. The van der Waals surface area contributed by atoms with Crippen LogP contribution in [0.1, 0.15) is 43.4 Å². The molecule has 1 fully saturated rings. The van der Waals surface area contributed by atoms with E-state index in [1.807, 2.05) is 6.07 Å². The average Bonchev–Trinajstić information content (AvgIpc) is 2.99. The van der Waals surface area contributed by atoms with Gasteiger partial charge in [0.2, 0.25) is 0 Å². The molecule has 1 heterocycles. The van der Waals surface area contributed by atoms with Crippen LogP contribution in [-0.4, -0.2) is 18.0 Å². The minimum Gasteiger partial charge on any atom is -0.351 e.